The second kappa shape index (κ2) is 7.94. The van der Waals surface area contributed by atoms with Gasteiger partial charge in [-0.25, -0.2) is 9.66 Å². The highest BCUT2D eigenvalue weighted by Crippen LogP contribution is 2.35. The Morgan fingerprint density at radius 1 is 1.31 bits per heavy atom. The maximum atomic E-state index is 13.0. The molecule has 0 aliphatic heterocycles. The molecule has 0 bridgehead atoms. The van der Waals surface area contributed by atoms with E-state index in [1.54, 1.807) is 0 Å². The first-order valence-corrected chi connectivity index (χ1v) is 9.60. The van der Waals surface area contributed by atoms with Gasteiger partial charge in [-0.2, -0.15) is 0 Å². The largest absolute Gasteiger partial charge is 0.356 e. The highest BCUT2D eigenvalue weighted by Gasteiger charge is 2.17. The Labute approximate surface area is 161 Å². The van der Waals surface area contributed by atoms with Crippen molar-refractivity contribution < 1.29 is 4.90 Å². The van der Waals surface area contributed by atoms with Gasteiger partial charge < -0.3 is 10.2 Å². The normalized spacial score (nSPS) is 11.1. The van der Waals surface area contributed by atoms with Crippen molar-refractivity contribution in [1.29, 1.82) is 0 Å². The zero-order valence-corrected chi connectivity index (χ0v) is 16.6. The number of rotatable bonds is 5. The van der Waals surface area contributed by atoms with E-state index in [1.807, 2.05) is 37.3 Å². The molecule has 1 aromatic carbocycles. The molecular formula is C18H22N5OS2+. The number of fused-ring (bicyclic) bond motifs is 1. The van der Waals surface area contributed by atoms with Crippen LogP contribution in [0, 0.1) is 6.92 Å². The molecule has 0 amide bonds. The van der Waals surface area contributed by atoms with Gasteiger partial charge in [0.25, 0.3) is 5.56 Å². The van der Waals surface area contributed by atoms with E-state index in [-0.39, 0.29) is 5.56 Å². The van der Waals surface area contributed by atoms with Crippen LogP contribution in [0.5, 0.6) is 0 Å². The van der Waals surface area contributed by atoms with Gasteiger partial charge in [-0.15, -0.1) is 11.3 Å². The highest BCUT2D eigenvalue weighted by molar-refractivity contribution is 7.80. The van der Waals surface area contributed by atoms with E-state index in [1.165, 1.54) is 27.2 Å². The lowest BCUT2D eigenvalue weighted by molar-refractivity contribution is -0.856. The van der Waals surface area contributed by atoms with Crippen molar-refractivity contribution >= 4 is 38.9 Å². The van der Waals surface area contributed by atoms with Crippen LogP contribution in [-0.4, -0.2) is 42.0 Å². The number of quaternary nitrogens is 1. The van der Waals surface area contributed by atoms with E-state index in [2.05, 4.69) is 29.8 Å². The number of nitrogens with one attached hydrogen (secondary N) is 3. The summed E-state index contributed by atoms with van der Waals surface area (Å²) in [5.74, 6) is 0. The van der Waals surface area contributed by atoms with Crippen LogP contribution < -0.4 is 21.2 Å². The van der Waals surface area contributed by atoms with Crippen LogP contribution in [0.1, 0.15) is 4.88 Å². The van der Waals surface area contributed by atoms with Gasteiger partial charge in [0.15, 0.2) is 5.11 Å². The standard InChI is InChI=1S/C18H21N5OS2/c1-12-14(13-7-5-4-6-8-13)15-16(26-12)20-11-23(17(15)24)21-18(25)19-9-10-22(2)3/h4-8,11H,9-10H2,1-3H3,(H2,19,21,25)/p+1. The Balaban J connectivity index is 1.93. The maximum Gasteiger partial charge on any atom is 0.281 e. The number of hydrogen-bond donors (Lipinski definition) is 3. The SMILES string of the molecule is Cc1sc2ncn(NC(=S)NCC[NH+](C)C)c(=O)c2c1-c1ccccc1. The lowest BCUT2D eigenvalue weighted by Gasteiger charge is -2.13. The Kier molecular flexibility index (Phi) is 5.65. The minimum atomic E-state index is -0.152. The third-order valence-electron chi connectivity index (χ3n) is 3.98. The molecule has 0 aliphatic carbocycles. The highest BCUT2D eigenvalue weighted by atomic mass is 32.1. The fourth-order valence-corrected chi connectivity index (χ4v) is 3.91. The molecule has 0 saturated carbocycles. The molecule has 3 rings (SSSR count). The zero-order chi connectivity index (χ0) is 18.7. The number of benzene rings is 1. The summed E-state index contributed by atoms with van der Waals surface area (Å²) in [7, 11) is 4.15. The van der Waals surface area contributed by atoms with Gasteiger partial charge in [-0.3, -0.25) is 10.2 Å². The van der Waals surface area contributed by atoms with Gasteiger partial charge in [0.1, 0.15) is 11.2 Å². The van der Waals surface area contributed by atoms with Crippen LogP contribution in [0.2, 0.25) is 0 Å². The number of aryl methyl sites for hydroxylation is 1. The first-order chi connectivity index (χ1) is 12.5. The Morgan fingerprint density at radius 3 is 2.73 bits per heavy atom. The number of likely N-dealkylation sites (N-methyl/N-ethyl adjacent to an activating group) is 1. The summed E-state index contributed by atoms with van der Waals surface area (Å²) in [4.78, 5) is 20.6. The monoisotopic (exact) mass is 388 g/mol. The van der Waals surface area contributed by atoms with Gasteiger partial charge in [0, 0.05) is 10.4 Å². The molecule has 6 nitrogen and oxygen atoms in total. The summed E-state index contributed by atoms with van der Waals surface area (Å²) in [6.07, 6.45) is 1.49. The molecule has 26 heavy (non-hydrogen) atoms. The molecule has 0 radical (unpaired) electrons. The summed E-state index contributed by atoms with van der Waals surface area (Å²) in [6, 6.07) is 9.92. The fraction of sp³-hybridized carbons (Fsp3) is 0.278. The Morgan fingerprint density at radius 2 is 2.04 bits per heavy atom. The second-order valence-electron chi connectivity index (χ2n) is 6.32. The van der Waals surface area contributed by atoms with Crippen LogP contribution >= 0.6 is 23.6 Å². The minimum Gasteiger partial charge on any atom is -0.356 e. The summed E-state index contributed by atoms with van der Waals surface area (Å²) in [5.41, 5.74) is 4.72. The van der Waals surface area contributed by atoms with Gasteiger partial charge >= 0.3 is 0 Å². The van der Waals surface area contributed by atoms with Crippen molar-refractivity contribution in [2.75, 3.05) is 32.6 Å². The molecule has 2 heterocycles. The average molecular weight is 389 g/mol. The molecule has 136 valence electrons. The first kappa shape index (κ1) is 18.5. The van der Waals surface area contributed by atoms with E-state index in [0.717, 1.165) is 33.9 Å². The third kappa shape index (κ3) is 3.92. The molecule has 2 aromatic heterocycles. The van der Waals surface area contributed by atoms with Crippen LogP contribution in [0.15, 0.2) is 41.5 Å². The van der Waals surface area contributed by atoms with Crippen LogP contribution in [0.4, 0.5) is 0 Å². The Bertz CT molecular complexity index is 978. The van der Waals surface area contributed by atoms with Crippen molar-refractivity contribution in [2.24, 2.45) is 0 Å². The predicted octanol–water partition coefficient (Wildman–Crippen LogP) is 0.996. The number of thiophene rings is 1. The Hall–Kier alpha value is -2.29. The van der Waals surface area contributed by atoms with Gasteiger partial charge in [0.2, 0.25) is 0 Å². The van der Waals surface area contributed by atoms with Crippen molar-refractivity contribution in [2.45, 2.75) is 6.92 Å². The molecule has 0 saturated heterocycles. The smallest absolute Gasteiger partial charge is 0.281 e. The molecular weight excluding hydrogens is 366 g/mol. The van der Waals surface area contributed by atoms with E-state index in [4.69, 9.17) is 12.2 Å². The second-order valence-corrected chi connectivity index (χ2v) is 7.94. The van der Waals surface area contributed by atoms with E-state index in [9.17, 15) is 4.79 Å². The van der Waals surface area contributed by atoms with Crippen LogP contribution in [0.25, 0.3) is 21.3 Å². The van der Waals surface area contributed by atoms with E-state index in [0.29, 0.717) is 10.5 Å². The van der Waals surface area contributed by atoms with Crippen molar-refractivity contribution in [1.82, 2.24) is 15.0 Å². The lowest BCUT2D eigenvalue weighted by Crippen LogP contribution is -3.06. The molecule has 0 aliphatic rings. The van der Waals surface area contributed by atoms with Crippen molar-refractivity contribution in [3.05, 3.63) is 51.9 Å². The summed E-state index contributed by atoms with van der Waals surface area (Å²) < 4.78 is 1.35. The molecule has 3 N–H and O–H groups in total. The van der Waals surface area contributed by atoms with Gasteiger partial charge in [-0.1, -0.05) is 30.3 Å². The van der Waals surface area contributed by atoms with Crippen LogP contribution in [-0.2, 0) is 0 Å². The summed E-state index contributed by atoms with van der Waals surface area (Å²) >= 11 is 6.81. The van der Waals surface area contributed by atoms with E-state index >= 15 is 0 Å². The molecule has 0 spiro atoms. The number of aromatic nitrogens is 2. The van der Waals surface area contributed by atoms with Crippen LogP contribution in [0.3, 0.4) is 0 Å². The van der Waals surface area contributed by atoms with Gasteiger partial charge in [-0.05, 0) is 24.7 Å². The first-order valence-electron chi connectivity index (χ1n) is 8.37. The number of nitrogens with zero attached hydrogens (tertiary/aromatic N) is 2. The van der Waals surface area contributed by atoms with E-state index < -0.39 is 0 Å². The molecule has 0 fully saturated rings. The quantitative estimate of drug-likeness (QED) is 0.569. The topological polar surface area (TPSA) is 63.4 Å². The van der Waals surface area contributed by atoms with Crippen molar-refractivity contribution in [3.8, 4) is 11.1 Å². The van der Waals surface area contributed by atoms with Gasteiger partial charge in [0.05, 0.1) is 32.6 Å². The lowest BCUT2D eigenvalue weighted by atomic mass is 10.0. The molecule has 0 unspecified atom stereocenters. The predicted molar refractivity (Wildman–Crippen MR) is 112 cm³/mol. The summed E-state index contributed by atoms with van der Waals surface area (Å²) in [6.45, 7) is 3.67. The number of hydrogen-bond acceptors (Lipinski definition) is 4. The average Bonchev–Trinajstić information content (AvgIpc) is 2.95. The molecule has 8 heteroatoms. The summed E-state index contributed by atoms with van der Waals surface area (Å²) in [5, 5.41) is 4.13. The number of thiocarbonyl (C=S) groups is 1. The maximum absolute atomic E-state index is 13.0. The molecule has 3 aromatic rings. The third-order valence-corrected chi connectivity index (χ3v) is 5.23. The zero-order valence-electron chi connectivity index (χ0n) is 15.0. The molecule has 0 atom stereocenters. The minimum absolute atomic E-state index is 0.152. The van der Waals surface area contributed by atoms with Crippen molar-refractivity contribution in [3.63, 3.8) is 0 Å². The fourth-order valence-electron chi connectivity index (χ4n) is 2.71.